The van der Waals surface area contributed by atoms with E-state index in [-0.39, 0.29) is 6.04 Å². The first-order valence-electron chi connectivity index (χ1n) is 7.25. The second kappa shape index (κ2) is 8.01. The van der Waals surface area contributed by atoms with Crippen LogP contribution in [0.25, 0.3) is 0 Å². The van der Waals surface area contributed by atoms with Crippen molar-refractivity contribution in [3.8, 4) is 5.75 Å². The summed E-state index contributed by atoms with van der Waals surface area (Å²) in [4.78, 5) is 3.98. The van der Waals surface area contributed by atoms with Gasteiger partial charge in [-0.05, 0) is 55.3 Å². The van der Waals surface area contributed by atoms with Gasteiger partial charge in [-0.3, -0.25) is 4.98 Å². The van der Waals surface area contributed by atoms with Crippen molar-refractivity contribution in [1.82, 2.24) is 10.3 Å². The van der Waals surface area contributed by atoms with Crippen LogP contribution in [-0.4, -0.2) is 11.5 Å². The molecule has 2 aromatic rings. The molecule has 1 heterocycles. The highest BCUT2D eigenvalue weighted by molar-refractivity contribution is 6.32. The molecule has 3 nitrogen and oxygen atoms in total. The predicted molar refractivity (Wildman–Crippen MR) is 86.7 cm³/mol. The van der Waals surface area contributed by atoms with Crippen LogP contribution in [0.1, 0.15) is 37.4 Å². The molecule has 1 N–H and O–H groups in total. The average molecular weight is 305 g/mol. The largest absolute Gasteiger partial charge is 0.487 e. The van der Waals surface area contributed by atoms with Crippen molar-refractivity contribution in [2.75, 3.05) is 6.54 Å². The first-order valence-corrected chi connectivity index (χ1v) is 7.63. The minimum Gasteiger partial charge on any atom is -0.487 e. The zero-order chi connectivity index (χ0) is 15.1. The van der Waals surface area contributed by atoms with Gasteiger partial charge in [-0.25, -0.2) is 0 Å². The Morgan fingerprint density at radius 2 is 2.00 bits per heavy atom. The maximum absolute atomic E-state index is 6.31. The SMILES string of the molecule is CCCNC(C)c1ccc(OCc2ccncc2)c(Cl)c1. The van der Waals surface area contributed by atoms with Gasteiger partial charge in [0, 0.05) is 18.4 Å². The monoisotopic (exact) mass is 304 g/mol. The highest BCUT2D eigenvalue weighted by Gasteiger charge is 2.08. The number of nitrogens with zero attached hydrogens (tertiary/aromatic N) is 1. The van der Waals surface area contributed by atoms with Crippen molar-refractivity contribution in [3.05, 3.63) is 58.9 Å². The lowest BCUT2D eigenvalue weighted by Gasteiger charge is -2.15. The number of hydrogen-bond acceptors (Lipinski definition) is 3. The van der Waals surface area contributed by atoms with Gasteiger partial charge >= 0.3 is 0 Å². The van der Waals surface area contributed by atoms with E-state index in [2.05, 4.69) is 30.2 Å². The highest BCUT2D eigenvalue weighted by Crippen LogP contribution is 2.28. The second-order valence-electron chi connectivity index (χ2n) is 5.01. The molecule has 0 fully saturated rings. The van der Waals surface area contributed by atoms with Gasteiger partial charge in [0.1, 0.15) is 12.4 Å². The molecule has 0 spiro atoms. The number of nitrogens with one attached hydrogen (secondary N) is 1. The minimum absolute atomic E-state index is 0.289. The molecule has 0 aliphatic rings. The Bertz CT molecular complexity index is 560. The summed E-state index contributed by atoms with van der Waals surface area (Å²) < 4.78 is 5.76. The van der Waals surface area contributed by atoms with Crippen LogP contribution >= 0.6 is 11.6 Å². The average Bonchev–Trinajstić information content (AvgIpc) is 2.52. The number of ether oxygens (including phenoxy) is 1. The zero-order valence-electron chi connectivity index (χ0n) is 12.5. The lowest BCUT2D eigenvalue weighted by molar-refractivity contribution is 0.306. The summed E-state index contributed by atoms with van der Waals surface area (Å²) in [5.74, 6) is 0.708. The van der Waals surface area contributed by atoms with Crippen LogP contribution in [0.4, 0.5) is 0 Å². The van der Waals surface area contributed by atoms with Crippen LogP contribution in [0.2, 0.25) is 5.02 Å². The third-order valence-electron chi connectivity index (χ3n) is 3.30. The van der Waals surface area contributed by atoms with Crippen LogP contribution < -0.4 is 10.1 Å². The van der Waals surface area contributed by atoms with Gasteiger partial charge < -0.3 is 10.1 Å². The quantitative estimate of drug-likeness (QED) is 0.824. The molecule has 0 bridgehead atoms. The number of aromatic nitrogens is 1. The van der Waals surface area contributed by atoms with Gasteiger partial charge in [0.05, 0.1) is 5.02 Å². The summed E-state index contributed by atoms with van der Waals surface area (Å²) in [6.45, 7) is 5.78. The molecule has 1 unspecified atom stereocenters. The molecule has 0 aliphatic heterocycles. The van der Waals surface area contributed by atoms with E-state index in [4.69, 9.17) is 16.3 Å². The van der Waals surface area contributed by atoms with Gasteiger partial charge in [-0.1, -0.05) is 24.6 Å². The summed E-state index contributed by atoms with van der Waals surface area (Å²) in [6, 6.07) is 10.1. The summed E-state index contributed by atoms with van der Waals surface area (Å²) in [7, 11) is 0. The maximum Gasteiger partial charge on any atom is 0.138 e. The number of benzene rings is 1. The molecule has 0 saturated heterocycles. The van der Waals surface area contributed by atoms with Gasteiger partial charge in [0.25, 0.3) is 0 Å². The van der Waals surface area contributed by atoms with Crippen molar-refractivity contribution in [1.29, 1.82) is 0 Å². The van der Waals surface area contributed by atoms with E-state index in [1.165, 1.54) is 5.56 Å². The number of pyridine rings is 1. The van der Waals surface area contributed by atoms with Crippen molar-refractivity contribution in [2.45, 2.75) is 32.9 Å². The summed E-state index contributed by atoms with van der Waals surface area (Å²) in [6.07, 6.45) is 4.63. The standard InChI is InChI=1S/C17H21ClN2O/c1-3-8-20-13(2)15-4-5-17(16(18)11-15)21-12-14-6-9-19-10-7-14/h4-7,9-11,13,20H,3,8,12H2,1-2H3. The van der Waals surface area contributed by atoms with E-state index in [9.17, 15) is 0 Å². The molecule has 0 amide bonds. The van der Waals surface area contributed by atoms with Crippen molar-refractivity contribution in [2.24, 2.45) is 0 Å². The third kappa shape index (κ3) is 4.73. The first kappa shape index (κ1) is 15.8. The number of rotatable bonds is 7. The fourth-order valence-corrected chi connectivity index (χ4v) is 2.27. The van der Waals surface area contributed by atoms with Gasteiger partial charge in [0.2, 0.25) is 0 Å². The van der Waals surface area contributed by atoms with Crippen LogP contribution in [0, 0.1) is 0 Å². The molecule has 21 heavy (non-hydrogen) atoms. The van der Waals surface area contributed by atoms with E-state index in [0.29, 0.717) is 17.4 Å². The lowest BCUT2D eigenvalue weighted by Crippen LogP contribution is -2.19. The Hall–Kier alpha value is -1.58. The molecular formula is C17H21ClN2O. The fourth-order valence-electron chi connectivity index (χ4n) is 2.02. The van der Waals surface area contributed by atoms with Crippen molar-refractivity contribution >= 4 is 11.6 Å². The van der Waals surface area contributed by atoms with E-state index >= 15 is 0 Å². The molecule has 112 valence electrons. The molecule has 1 aromatic heterocycles. The first-order chi connectivity index (χ1) is 10.2. The summed E-state index contributed by atoms with van der Waals surface area (Å²) in [5.41, 5.74) is 2.24. The van der Waals surface area contributed by atoms with Gasteiger partial charge in [0.15, 0.2) is 0 Å². The van der Waals surface area contributed by atoms with E-state index < -0.39 is 0 Å². The van der Waals surface area contributed by atoms with Crippen LogP contribution in [0.3, 0.4) is 0 Å². The van der Waals surface area contributed by atoms with Crippen molar-refractivity contribution in [3.63, 3.8) is 0 Å². The van der Waals surface area contributed by atoms with E-state index in [0.717, 1.165) is 18.5 Å². The molecule has 2 rings (SSSR count). The smallest absolute Gasteiger partial charge is 0.138 e. The molecule has 1 aromatic carbocycles. The number of hydrogen-bond donors (Lipinski definition) is 1. The molecule has 0 radical (unpaired) electrons. The Morgan fingerprint density at radius 3 is 2.67 bits per heavy atom. The Kier molecular flexibility index (Phi) is 6.03. The molecule has 1 atom stereocenters. The highest BCUT2D eigenvalue weighted by atomic mass is 35.5. The Labute approximate surface area is 131 Å². The third-order valence-corrected chi connectivity index (χ3v) is 3.60. The molecule has 0 aliphatic carbocycles. The minimum atomic E-state index is 0.289. The predicted octanol–water partition coefficient (Wildman–Crippen LogP) is 4.37. The summed E-state index contributed by atoms with van der Waals surface area (Å²) in [5, 5.41) is 4.09. The topological polar surface area (TPSA) is 34.1 Å². The van der Waals surface area contributed by atoms with Crippen LogP contribution in [0.15, 0.2) is 42.7 Å². The van der Waals surface area contributed by atoms with Gasteiger partial charge in [-0.2, -0.15) is 0 Å². The second-order valence-corrected chi connectivity index (χ2v) is 5.42. The van der Waals surface area contributed by atoms with Crippen LogP contribution in [-0.2, 0) is 6.61 Å². The molecular weight excluding hydrogens is 284 g/mol. The van der Waals surface area contributed by atoms with Crippen molar-refractivity contribution < 1.29 is 4.74 Å². The Morgan fingerprint density at radius 1 is 1.24 bits per heavy atom. The maximum atomic E-state index is 6.31. The fraction of sp³-hybridized carbons (Fsp3) is 0.353. The van der Waals surface area contributed by atoms with Gasteiger partial charge in [-0.15, -0.1) is 0 Å². The van der Waals surface area contributed by atoms with E-state index in [1.54, 1.807) is 12.4 Å². The molecule has 0 saturated carbocycles. The Balaban J connectivity index is 1.99. The normalized spacial score (nSPS) is 12.1. The number of halogens is 1. The van der Waals surface area contributed by atoms with E-state index in [1.807, 2.05) is 24.3 Å². The summed E-state index contributed by atoms with van der Waals surface area (Å²) >= 11 is 6.31. The zero-order valence-corrected chi connectivity index (χ0v) is 13.2. The lowest BCUT2D eigenvalue weighted by atomic mass is 10.1. The molecule has 4 heteroatoms. The van der Waals surface area contributed by atoms with Crippen LogP contribution in [0.5, 0.6) is 5.75 Å².